The summed E-state index contributed by atoms with van der Waals surface area (Å²) in [4.78, 5) is 10.2. The van der Waals surface area contributed by atoms with Gasteiger partial charge in [-0.2, -0.15) is 0 Å². The van der Waals surface area contributed by atoms with E-state index < -0.39 is 5.97 Å². The minimum atomic E-state index is -0.951. The van der Waals surface area contributed by atoms with Crippen LogP contribution in [0.15, 0.2) is 16.6 Å². The van der Waals surface area contributed by atoms with Crippen LogP contribution >= 0.6 is 0 Å². The monoisotopic (exact) mass is 166 g/mol. The third-order valence-corrected chi connectivity index (χ3v) is 1.48. The highest BCUT2D eigenvalue weighted by Crippen LogP contribution is 2.14. The van der Waals surface area contributed by atoms with Crippen molar-refractivity contribution in [3.63, 3.8) is 0 Å². The van der Waals surface area contributed by atoms with Gasteiger partial charge in [0.05, 0.1) is 0 Å². The van der Waals surface area contributed by atoms with Crippen molar-refractivity contribution in [2.45, 2.75) is 13.8 Å². The molecule has 1 N–H and O–H groups in total. The van der Waals surface area contributed by atoms with Gasteiger partial charge in [-0.3, -0.25) is 0 Å². The van der Waals surface area contributed by atoms with Crippen molar-refractivity contribution in [1.29, 1.82) is 0 Å². The SMILES string of the molecule is Cc1cc(/C=C/C(=O)O)c(C)o1. The number of hydrogen-bond acceptors (Lipinski definition) is 2. The number of carboxylic acids is 1. The molecule has 64 valence electrons. The first-order chi connectivity index (χ1) is 5.59. The van der Waals surface area contributed by atoms with E-state index in [9.17, 15) is 4.79 Å². The number of hydrogen-bond donors (Lipinski definition) is 1. The molecule has 0 atom stereocenters. The Morgan fingerprint density at radius 2 is 2.25 bits per heavy atom. The highest BCUT2D eigenvalue weighted by Gasteiger charge is 2.00. The van der Waals surface area contributed by atoms with Crippen molar-refractivity contribution in [2.24, 2.45) is 0 Å². The van der Waals surface area contributed by atoms with Gasteiger partial charge < -0.3 is 9.52 Å². The second-order valence-corrected chi connectivity index (χ2v) is 2.54. The Bertz CT molecular complexity index is 321. The Hall–Kier alpha value is -1.51. The smallest absolute Gasteiger partial charge is 0.328 e. The highest BCUT2D eigenvalue weighted by molar-refractivity contribution is 5.85. The number of aryl methyl sites for hydroxylation is 2. The quantitative estimate of drug-likeness (QED) is 0.683. The summed E-state index contributed by atoms with van der Waals surface area (Å²) in [6.45, 7) is 3.62. The maximum Gasteiger partial charge on any atom is 0.328 e. The molecule has 3 heteroatoms. The van der Waals surface area contributed by atoms with Crippen LogP contribution in [0.2, 0.25) is 0 Å². The van der Waals surface area contributed by atoms with E-state index in [1.807, 2.05) is 6.92 Å². The standard InChI is InChI=1S/C9H10O3/c1-6-5-8(7(2)12-6)3-4-9(10)11/h3-5H,1-2H3,(H,10,11)/b4-3+. The molecule has 3 nitrogen and oxygen atoms in total. The average molecular weight is 166 g/mol. The molecule has 0 unspecified atom stereocenters. The van der Waals surface area contributed by atoms with Crippen molar-refractivity contribution in [1.82, 2.24) is 0 Å². The Morgan fingerprint density at radius 3 is 2.67 bits per heavy atom. The van der Waals surface area contributed by atoms with Crippen molar-refractivity contribution < 1.29 is 14.3 Å². The molecule has 0 fully saturated rings. The van der Waals surface area contributed by atoms with Crippen molar-refractivity contribution in [3.05, 3.63) is 29.2 Å². The van der Waals surface area contributed by atoms with Gasteiger partial charge in [0, 0.05) is 11.6 Å². The molecule has 0 aliphatic heterocycles. The predicted octanol–water partition coefficient (Wildman–Crippen LogP) is 1.99. The topological polar surface area (TPSA) is 50.4 Å². The van der Waals surface area contributed by atoms with Gasteiger partial charge in [0.1, 0.15) is 11.5 Å². The molecule has 1 rings (SSSR count). The summed E-state index contributed by atoms with van der Waals surface area (Å²) in [5.41, 5.74) is 0.815. The van der Waals surface area contributed by atoms with Gasteiger partial charge in [0.15, 0.2) is 0 Å². The average Bonchev–Trinajstić information content (AvgIpc) is 2.26. The molecule has 0 spiro atoms. The van der Waals surface area contributed by atoms with Gasteiger partial charge in [-0.05, 0) is 26.0 Å². The van der Waals surface area contributed by atoms with E-state index in [-0.39, 0.29) is 0 Å². The summed E-state index contributed by atoms with van der Waals surface area (Å²) in [6.07, 6.45) is 2.62. The molecule has 0 aromatic carbocycles. The van der Waals surface area contributed by atoms with Crippen LogP contribution < -0.4 is 0 Å². The minimum absolute atomic E-state index is 0.741. The molecule has 0 bridgehead atoms. The van der Waals surface area contributed by atoms with Crippen LogP contribution in [0.25, 0.3) is 6.08 Å². The molecule has 1 aromatic rings. The lowest BCUT2D eigenvalue weighted by molar-refractivity contribution is -0.131. The van der Waals surface area contributed by atoms with Gasteiger partial charge >= 0.3 is 5.97 Å². The van der Waals surface area contributed by atoms with E-state index in [1.165, 1.54) is 6.08 Å². The lowest BCUT2D eigenvalue weighted by Gasteiger charge is -1.85. The maximum absolute atomic E-state index is 10.2. The predicted molar refractivity (Wildman–Crippen MR) is 44.9 cm³/mol. The Kier molecular flexibility index (Phi) is 2.33. The lowest BCUT2D eigenvalue weighted by Crippen LogP contribution is -1.85. The molecular formula is C9H10O3. The first-order valence-corrected chi connectivity index (χ1v) is 3.57. The normalized spacial score (nSPS) is 10.8. The molecule has 0 aliphatic rings. The van der Waals surface area contributed by atoms with E-state index in [2.05, 4.69) is 0 Å². The van der Waals surface area contributed by atoms with Gasteiger partial charge in [-0.25, -0.2) is 4.79 Å². The highest BCUT2D eigenvalue weighted by atomic mass is 16.4. The Morgan fingerprint density at radius 1 is 1.58 bits per heavy atom. The third kappa shape index (κ3) is 1.99. The number of furan rings is 1. The number of rotatable bonds is 2. The minimum Gasteiger partial charge on any atom is -0.478 e. The molecule has 1 aromatic heterocycles. The largest absolute Gasteiger partial charge is 0.478 e. The molecule has 0 radical (unpaired) electrons. The van der Waals surface area contributed by atoms with Crippen LogP contribution in [-0.4, -0.2) is 11.1 Å². The van der Waals surface area contributed by atoms with Gasteiger partial charge in [0.25, 0.3) is 0 Å². The van der Waals surface area contributed by atoms with E-state index in [4.69, 9.17) is 9.52 Å². The molecule has 0 aliphatic carbocycles. The van der Waals surface area contributed by atoms with Crippen molar-refractivity contribution in [2.75, 3.05) is 0 Å². The number of aliphatic carboxylic acids is 1. The Balaban J connectivity index is 2.89. The second kappa shape index (κ2) is 3.26. The summed E-state index contributed by atoms with van der Waals surface area (Å²) < 4.78 is 5.20. The first kappa shape index (κ1) is 8.59. The maximum atomic E-state index is 10.2. The van der Waals surface area contributed by atoms with E-state index in [1.54, 1.807) is 13.0 Å². The fraction of sp³-hybridized carbons (Fsp3) is 0.222. The van der Waals surface area contributed by atoms with Gasteiger partial charge in [-0.1, -0.05) is 0 Å². The molecule has 1 heterocycles. The second-order valence-electron chi connectivity index (χ2n) is 2.54. The summed E-state index contributed by atoms with van der Waals surface area (Å²) in [5.74, 6) is 0.579. The van der Waals surface area contributed by atoms with E-state index in [0.717, 1.165) is 23.2 Å². The van der Waals surface area contributed by atoms with Crippen LogP contribution in [0.5, 0.6) is 0 Å². The molecule has 0 amide bonds. The van der Waals surface area contributed by atoms with Crippen LogP contribution in [-0.2, 0) is 4.79 Å². The first-order valence-electron chi connectivity index (χ1n) is 3.57. The lowest BCUT2D eigenvalue weighted by atomic mass is 10.2. The van der Waals surface area contributed by atoms with Crippen LogP contribution in [0.1, 0.15) is 17.1 Å². The van der Waals surface area contributed by atoms with Crippen LogP contribution in [0.4, 0.5) is 0 Å². The van der Waals surface area contributed by atoms with Crippen LogP contribution in [0, 0.1) is 13.8 Å². The van der Waals surface area contributed by atoms with Crippen LogP contribution in [0.3, 0.4) is 0 Å². The summed E-state index contributed by atoms with van der Waals surface area (Å²) in [7, 11) is 0. The summed E-state index contributed by atoms with van der Waals surface area (Å²) in [6, 6.07) is 1.80. The van der Waals surface area contributed by atoms with Crippen molar-refractivity contribution in [3.8, 4) is 0 Å². The summed E-state index contributed by atoms with van der Waals surface area (Å²) in [5, 5.41) is 8.36. The zero-order valence-electron chi connectivity index (χ0n) is 7.00. The van der Waals surface area contributed by atoms with Gasteiger partial charge in [-0.15, -0.1) is 0 Å². The number of carboxylic acid groups (broad SMARTS) is 1. The number of carbonyl (C=O) groups is 1. The zero-order chi connectivity index (χ0) is 9.14. The molecular weight excluding hydrogens is 156 g/mol. The van der Waals surface area contributed by atoms with Gasteiger partial charge in [0.2, 0.25) is 0 Å². The van der Waals surface area contributed by atoms with Crippen molar-refractivity contribution >= 4 is 12.0 Å². The van der Waals surface area contributed by atoms with E-state index >= 15 is 0 Å². The third-order valence-electron chi connectivity index (χ3n) is 1.48. The molecule has 0 saturated carbocycles. The zero-order valence-corrected chi connectivity index (χ0v) is 7.00. The summed E-state index contributed by atoms with van der Waals surface area (Å²) >= 11 is 0. The fourth-order valence-corrected chi connectivity index (χ4v) is 0.977. The molecule has 12 heavy (non-hydrogen) atoms. The van der Waals surface area contributed by atoms with E-state index in [0.29, 0.717) is 0 Å². The Labute approximate surface area is 70.3 Å². The fourth-order valence-electron chi connectivity index (χ4n) is 0.977. The molecule has 0 saturated heterocycles.